The Kier molecular flexibility index (Phi) is 6.16. The maximum atomic E-state index is 13.2. The minimum absolute atomic E-state index is 0.0274. The molecular weight excluding hydrogens is 463 g/mol. The number of anilines is 3. The number of carbonyl (C=O) groups is 1. The topological polar surface area (TPSA) is 129 Å². The summed E-state index contributed by atoms with van der Waals surface area (Å²) in [4.78, 5) is 17.4. The number of rotatable bonds is 6. The molecule has 10 nitrogen and oxygen atoms in total. The van der Waals surface area contributed by atoms with Gasteiger partial charge in [-0.15, -0.1) is 10.2 Å². The highest BCUT2D eigenvalue weighted by atomic mass is 19.4. The summed E-state index contributed by atoms with van der Waals surface area (Å²) < 4.78 is 43.0. The first-order valence-electron chi connectivity index (χ1n) is 10.5. The number of carbonyl (C=O) groups excluding carboxylic acids is 1. The molecule has 0 aliphatic carbocycles. The number of pyridine rings is 1. The highest BCUT2D eigenvalue weighted by Gasteiger charge is 2.34. The summed E-state index contributed by atoms with van der Waals surface area (Å²) in [7, 11) is 3.53. The Bertz CT molecular complexity index is 1390. The molecule has 0 aliphatic rings. The SMILES string of the molecule is CCNc1cc(-c2c(-c3nncn3C)cnn2C)cc(C(=O)Nc2cccc(C(F)(F)F)c2N)n1. The van der Waals surface area contributed by atoms with Gasteiger partial charge in [0.25, 0.3) is 5.91 Å². The van der Waals surface area contributed by atoms with Gasteiger partial charge in [0.15, 0.2) is 5.82 Å². The van der Waals surface area contributed by atoms with Crippen LogP contribution in [-0.4, -0.2) is 42.0 Å². The molecule has 0 radical (unpaired) electrons. The second-order valence-corrected chi connectivity index (χ2v) is 7.67. The fourth-order valence-corrected chi connectivity index (χ4v) is 3.63. The Morgan fingerprint density at radius 2 is 1.97 bits per heavy atom. The normalized spacial score (nSPS) is 11.5. The molecule has 1 aromatic carbocycles. The van der Waals surface area contributed by atoms with Gasteiger partial charge in [0.1, 0.15) is 17.8 Å². The number of benzene rings is 1. The van der Waals surface area contributed by atoms with Crippen LogP contribution in [0.25, 0.3) is 22.6 Å². The second-order valence-electron chi connectivity index (χ2n) is 7.67. The van der Waals surface area contributed by atoms with Gasteiger partial charge in [-0.2, -0.15) is 18.3 Å². The Hall–Kier alpha value is -4.42. The summed E-state index contributed by atoms with van der Waals surface area (Å²) in [5, 5.41) is 17.9. The lowest BCUT2D eigenvalue weighted by atomic mass is 10.1. The monoisotopic (exact) mass is 485 g/mol. The van der Waals surface area contributed by atoms with E-state index in [0.29, 0.717) is 35.0 Å². The average Bonchev–Trinajstić information content (AvgIpc) is 3.39. The number of nitrogens with two attached hydrogens (primary N) is 1. The van der Waals surface area contributed by atoms with Gasteiger partial charge in [0, 0.05) is 26.2 Å². The molecule has 0 bridgehead atoms. The first kappa shape index (κ1) is 23.7. The predicted molar refractivity (Wildman–Crippen MR) is 124 cm³/mol. The van der Waals surface area contributed by atoms with Crippen molar-refractivity contribution in [1.82, 2.24) is 29.5 Å². The van der Waals surface area contributed by atoms with E-state index in [1.807, 2.05) is 6.92 Å². The number of nitrogens with zero attached hydrogens (tertiary/aromatic N) is 6. The molecule has 4 rings (SSSR count). The molecule has 3 heterocycles. The fraction of sp³-hybridized carbons (Fsp3) is 0.227. The van der Waals surface area contributed by atoms with E-state index in [4.69, 9.17) is 5.73 Å². The Morgan fingerprint density at radius 3 is 2.63 bits per heavy atom. The Morgan fingerprint density at radius 1 is 1.20 bits per heavy atom. The second kappa shape index (κ2) is 9.08. The molecule has 35 heavy (non-hydrogen) atoms. The van der Waals surface area contributed by atoms with E-state index in [0.717, 1.165) is 6.07 Å². The molecule has 4 N–H and O–H groups in total. The zero-order chi connectivity index (χ0) is 25.3. The molecule has 0 aliphatic heterocycles. The molecule has 3 aromatic heterocycles. The number of hydrogen-bond acceptors (Lipinski definition) is 7. The maximum absolute atomic E-state index is 13.2. The van der Waals surface area contributed by atoms with Gasteiger partial charge >= 0.3 is 6.18 Å². The fourth-order valence-electron chi connectivity index (χ4n) is 3.63. The summed E-state index contributed by atoms with van der Waals surface area (Å²) in [5.41, 5.74) is 5.81. The lowest BCUT2D eigenvalue weighted by molar-refractivity contribution is -0.136. The molecule has 0 spiro atoms. The van der Waals surface area contributed by atoms with Crippen molar-refractivity contribution in [2.45, 2.75) is 13.1 Å². The number of halogens is 3. The zero-order valence-corrected chi connectivity index (χ0v) is 19.1. The summed E-state index contributed by atoms with van der Waals surface area (Å²) in [6, 6.07) is 6.59. The molecule has 0 fully saturated rings. The summed E-state index contributed by atoms with van der Waals surface area (Å²) in [6.45, 7) is 2.39. The van der Waals surface area contributed by atoms with Gasteiger partial charge < -0.3 is 20.9 Å². The predicted octanol–water partition coefficient (Wildman–Crippen LogP) is 3.56. The molecule has 182 valence electrons. The standard InChI is InChI=1S/C22H22F3N9O/c1-4-27-17-9-12(19-13(10-29-34(19)3)20-32-28-11-33(20)2)8-16(30-17)21(35)31-15-7-5-6-14(18(15)26)22(23,24)25/h5-11H,4,26H2,1-3H3,(H,27,30)(H,31,35). The van der Waals surface area contributed by atoms with Gasteiger partial charge in [-0.25, -0.2) is 4.98 Å². The van der Waals surface area contributed by atoms with E-state index in [-0.39, 0.29) is 11.4 Å². The number of para-hydroxylation sites is 1. The Labute approximate surface area is 198 Å². The van der Waals surface area contributed by atoms with E-state index in [2.05, 4.69) is 30.9 Å². The third kappa shape index (κ3) is 4.65. The van der Waals surface area contributed by atoms with Crippen LogP contribution in [0.15, 0.2) is 42.9 Å². The molecular formula is C22H22F3N9O. The van der Waals surface area contributed by atoms with Gasteiger partial charge in [-0.05, 0) is 31.2 Å². The van der Waals surface area contributed by atoms with Crippen molar-refractivity contribution in [3.8, 4) is 22.6 Å². The quantitative estimate of drug-likeness (QED) is 0.356. The highest BCUT2D eigenvalue weighted by Crippen LogP contribution is 2.37. The lowest BCUT2D eigenvalue weighted by Crippen LogP contribution is -2.18. The minimum Gasteiger partial charge on any atom is -0.397 e. The average molecular weight is 485 g/mol. The van der Waals surface area contributed by atoms with E-state index in [1.54, 1.807) is 41.9 Å². The van der Waals surface area contributed by atoms with Crippen LogP contribution >= 0.6 is 0 Å². The van der Waals surface area contributed by atoms with Crippen molar-refractivity contribution in [3.05, 3.63) is 54.1 Å². The number of aromatic nitrogens is 6. The van der Waals surface area contributed by atoms with Crippen molar-refractivity contribution in [1.29, 1.82) is 0 Å². The molecule has 0 saturated heterocycles. The maximum Gasteiger partial charge on any atom is 0.418 e. The van der Waals surface area contributed by atoms with E-state index in [1.165, 1.54) is 18.2 Å². The van der Waals surface area contributed by atoms with E-state index in [9.17, 15) is 18.0 Å². The first-order chi connectivity index (χ1) is 16.6. The first-order valence-corrected chi connectivity index (χ1v) is 10.5. The number of hydrogen-bond donors (Lipinski definition) is 3. The molecule has 0 saturated carbocycles. The summed E-state index contributed by atoms with van der Waals surface area (Å²) in [6.07, 6.45) is -1.46. The molecule has 13 heteroatoms. The van der Waals surface area contributed by atoms with Crippen LogP contribution in [0.4, 0.5) is 30.4 Å². The molecule has 1 amide bonds. The van der Waals surface area contributed by atoms with Crippen LogP contribution < -0.4 is 16.4 Å². The van der Waals surface area contributed by atoms with Gasteiger partial charge in [0.05, 0.1) is 34.4 Å². The van der Waals surface area contributed by atoms with E-state index >= 15 is 0 Å². The van der Waals surface area contributed by atoms with Gasteiger partial charge in [0.2, 0.25) is 0 Å². The van der Waals surface area contributed by atoms with Gasteiger partial charge in [-0.3, -0.25) is 9.48 Å². The minimum atomic E-state index is -4.66. The van der Waals surface area contributed by atoms with Crippen LogP contribution in [0.3, 0.4) is 0 Å². The van der Waals surface area contributed by atoms with Crippen molar-refractivity contribution < 1.29 is 18.0 Å². The van der Waals surface area contributed by atoms with Gasteiger partial charge in [-0.1, -0.05) is 6.07 Å². The number of nitrogens with one attached hydrogen (secondary N) is 2. The van der Waals surface area contributed by atoms with Crippen molar-refractivity contribution in [2.24, 2.45) is 14.1 Å². The molecule has 0 atom stereocenters. The number of aryl methyl sites for hydroxylation is 2. The number of alkyl halides is 3. The molecule has 4 aromatic rings. The summed E-state index contributed by atoms with van der Waals surface area (Å²) in [5.74, 6) is 0.245. The van der Waals surface area contributed by atoms with Crippen LogP contribution in [0.2, 0.25) is 0 Å². The highest BCUT2D eigenvalue weighted by molar-refractivity contribution is 6.05. The van der Waals surface area contributed by atoms with Crippen molar-refractivity contribution in [2.75, 3.05) is 22.9 Å². The largest absolute Gasteiger partial charge is 0.418 e. The third-order valence-corrected chi connectivity index (χ3v) is 5.24. The Balaban J connectivity index is 1.77. The van der Waals surface area contributed by atoms with Crippen LogP contribution in [0, 0.1) is 0 Å². The van der Waals surface area contributed by atoms with Crippen LogP contribution in [0.5, 0.6) is 0 Å². The third-order valence-electron chi connectivity index (χ3n) is 5.24. The van der Waals surface area contributed by atoms with E-state index < -0.39 is 23.3 Å². The van der Waals surface area contributed by atoms with Crippen LogP contribution in [0.1, 0.15) is 23.0 Å². The summed E-state index contributed by atoms with van der Waals surface area (Å²) >= 11 is 0. The van der Waals surface area contributed by atoms with Crippen molar-refractivity contribution in [3.63, 3.8) is 0 Å². The van der Waals surface area contributed by atoms with Crippen LogP contribution in [-0.2, 0) is 20.3 Å². The zero-order valence-electron chi connectivity index (χ0n) is 19.1. The molecule has 0 unspecified atom stereocenters. The number of amides is 1. The number of nitrogen functional groups attached to an aromatic ring is 1. The van der Waals surface area contributed by atoms with Crippen molar-refractivity contribution >= 4 is 23.1 Å². The lowest BCUT2D eigenvalue weighted by Gasteiger charge is -2.15. The smallest absolute Gasteiger partial charge is 0.397 e.